The largest absolute Gasteiger partial charge is 0.480 e. The third-order valence-electron chi connectivity index (χ3n) is 4.35. The Morgan fingerprint density at radius 3 is 2.35 bits per heavy atom. The highest BCUT2D eigenvalue weighted by Gasteiger charge is 2.47. The Bertz CT molecular complexity index is 350. The van der Waals surface area contributed by atoms with E-state index in [9.17, 15) is 14.7 Å². The number of nitrogens with zero attached hydrogens (tertiary/aromatic N) is 1. The molecule has 2 atom stereocenters. The van der Waals surface area contributed by atoms with Crippen molar-refractivity contribution in [1.82, 2.24) is 4.90 Å². The highest BCUT2D eigenvalue weighted by Crippen LogP contribution is 2.38. The number of hydrogen-bond donors (Lipinski definition) is 2. The average Bonchev–Trinajstić information content (AvgIpc) is 2.85. The summed E-state index contributed by atoms with van der Waals surface area (Å²) in [6.45, 7) is 6.21. The van der Waals surface area contributed by atoms with Gasteiger partial charge in [0.15, 0.2) is 0 Å². The lowest BCUT2D eigenvalue weighted by molar-refractivity contribution is -0.154. The molecule has 1 aliphatic rings. The van der Waals surface area contributed by atoms with Crippen molar-refractivity contribution in [3.05, 3.63) is 0 Å². The number of hydrogen-bond acceptors (Lipinski definition) is 4. The van der Waals surface area contributed by atoms with Crippen molar-refractivity contribution in [3.8, 4) is 0 Å². The fourth-order valence-corrected chi connectivity index (χ4v) is 4.21. The van der Waals surface area contributed by atoms with Gasteiger partial charge in [0.1, 0.15) is 6.04 Å². The van der Waals surface area contributed by atoms with Gasteiger partial charge in [-0.15, -0.1) is 11.8 Å². The third kappa shape index (κ3) is 3.11. The van der Waals surface area contributed by atoms with E-state index in [0.29, 0.717) is 18.6 Å². The van der Waals surface area contributed by atoms with Crippen LogP contribution in [0.4, 0.5) is 0 Å². The third-order valence-corrected chi connectivity index (χ3v) is 5.70. The van der Waals surface area contributed by atoms with E-state index in [2.05, 4.69) is 0 Å². The van der Waals surface area contributed by atoms with Gasteiger partial charge in [0.25, 0.3) is 0 Å². The van der Waals surface area contributed by atoms with Crippen LogP contribution < -0.4 is 5.73 Å². The first-order valence-corrected chi connectivity index (χ1v) is 8.39. The van der Waals surface area contributed by atoms with E-state index in [-0.39, 0.29) is 17.8 Å². The number of rotatable bonds is 7. The van der Waals surface area contributed by atoms with Gasteiger partial charge >= 0.3 is 5.97 Å². The predicted molar refractivity (Wildman–Crippen MR) is 81.5 cm³/mol. The molecule has 0 aromatic rings. The molecule has 3 N–H and O–H groups in total. The van der Waals surface area contributed by atoms with Crippen LogP contribution in [0.15, 0.2) is 0 Å². The monoisotopic (exact) mass is 302 g/mol. The lowest BCUT2D eigenvalue weighted by Gasteiger charge is -2.37. The predicted octanol–water partition coefficient (Wildman–Crippen LogP) is 1.91. The fraction of sp³-hybridized carbons (Fsp3) is 0.857. The number of carboxylic acids is 1. The van der Waals surface area contributed by atoms with Crippen molar-refractivity contribution in [3.63, 3.8) is 0 Å². The highest BCUT2D eigenvalue weighted by atomic mass is 32.2. The topological polar surface area (TPSA) is 83.6 Å². The molecule has 0 bridgehead atoms. The van der Waals surface area contributed by atoms with Crippen LogP contribution in [-0.4, -0.2) is 45.6 Å². The zero-order chi connectivity index (χ0) is 15.3. The highest BCUT2D eigenvalue weighted by molar-refractivity contribution is 8.00. The SMILES string of the molecule is CCCC1SCC(C(=O)O)N1C(=O)C(CC)(CC)CN. The molecular formula is C14H26N2O3S. The summed E-state index contributed by atoms with van der Waals surface area (Å²) in [4.78, 5) is 25.9. The second-order valence-electron chi connectivity index (χ2n) is 5.33. The van der Waals surface area contributed by atoms with Gasteiger partial charge in [-0.2, -0.15) is 0 Å². The Labute approximate surface area is 125 Å². The number of carboxylic acid groups (broad SMARTS) is 1. The summed E-state index contributed by atoms with van der Waals surface area (Å²) in [6, 6.07) is -0.715. The molecule has 1 fully saturated rings. The summed E-state index contributed by atoms with van der Waals surface area (Å²) in [7, 11) is 0. The minimum absolute atomic E-state index is 0.0300. The van der Waals surface area contributed by atoms with E-state index in [1.807, 2.05) is 20.8 Å². The molecule has 0 radical (unpaired) electrons. The molecule has 6 heteroatoms. The first kappa shape index (κ1) is 17.3. The van der Waals surface area contributed by atoms with Crippen LogP contribution in [0, 0.1) is 5.41 Å². The molecule has 116 valence electrons. The zero-order valence-electron chi connectivity index (χ0n) is 12.6. The Hall–Kier alpha value is -0.750. The van der Waals surface area contributed by atoms with Crippen LogP contribution in [0.5, 0.6) is 0 Å². The van der Waals surface area contributed by atoms with Gasteiger partial charge in [-0.3, -0.25) is 4.79 Å². The lowest BCUT2D eigenvalue weighted by Crippen LogP contribution is -2.54. The van der Waals surface area contributed by atoms with Gasteiger partial charge in [0.05, 0.1) is 10.8 Å². The van der Waals surface area contributed by atoms with Gasteiger partial charge in [-0.05, 0) is 19.3 Å². The summed E-state index contributed by atoms with van der Waals surface area (Å²) in [6.07, 6.45) is 3.05. The van der Waals surface area contributed by atoms with Crippen LogP contribution in [0.2, 0.25) is 0 Å². The Morgan fingerprint density at radius 2 is 1.95 bits per heavy atom. The molecule has 1 rings (SSSR count). The zero-order valence-corrected chi connectivity index (χ0v) is 13.4. The molecule has 0 aromatic heterocycles. The quantitative estimate of drug-likeness (QED) is 0.750. The molecule has 0 spiro atoms. The molecule has 0 aromatic carbocycles. The Kier molecular flexibility index (Phi) is 6.33. The first-order valence-electron chi connectivity index (χ1n) is 7.34. The molecule has 1 aliphatic heterocycles. The first-order chi connectivity index (χ1) is 9.47. The van der Waals surface area contributed by atoms with E-state index in [1.165, 1.54) is 0 Å². The van der Waals surface area contributed by atoms with Crippen molar-refractivity contribution >= 4 is 23.6 Å². The van der Waals surface area contributed by atoms with Crippen molar-refractivity contribution < 1.29 is 14.7 Å². The lowest BCUT2D eigenvalue weighted by atomic mass is 9.80. The van der Waals surface area contributed by atoms with Crippen LogP contribution in [0.3, 0.4) is 0 Å². The Morgan fingerprint density at radius 1 is 1.35 bits per heavy atom. The standard InChI is InChI=1S/C14H26N2O3S/c1-4-7-11-16(10(8-20-11)12(17)18)13(19)14(5-2,6-3)9-15/h10-11H,4-9,15H2,1-3H3,(H,17,18). The number of aliphatic carboxylic acids is 1. The van der Waals surface area contributed by atoms with Gasteiger partial charge in [-0.1, -0.05) is 27.2 Å². The van der Waals surface area contributed by atoms with E-state index < -0.39 is 17.4 Å². The van der Waals surface area contributed by atoms with Crippen LogP contribution in [0.1, 0.15) is 46.5 Å². The summed E-state index contributed by atoms with van der Waals surface area (Å²) < 4.78 is 0. The molecule has 1 saturated heterocycles. The summed E-state index contributed by atoms with van der Waals surface area (Å²) in [5, 5.41) is 9.33. The maximum Gasteiger partial charge on any atom is 0.327 e. The number of thioether (sulfide) groups is 1. The molecule has 5 nitrogen and oxygen atoms in total. The minimum Gasteiger partial charge on any atom is -0.480 e. The summed E-state index contributed by atoms with van der Waals surface area (Å²) in [5.41, 5.74) is 5.22. The van der Waals surface area contributed by atoms with Crippen molar-refractivity contribution in [2.24, 2.45) is 11.1 Å². The Balaban J connectivity index is 3.07. The number of amides is 1. The summed E-state index contributed by atoms with van der Waals surface area (Å²) >= 11 is 1.57. The average molecular weight is 302 g/mol. The second-order valence-corrected chi connectivity index (χ2v) is 6.55. The van der Waals surface area contributed by atoms with Crippen molar-refractivity contribution in [1.29, 1.82) is 0 Å². The van der Waals surface area contributed by atoms with Crippen LogP contribution >= 0.6 is 11.8 Å². The normalized spacial score (nSPS) is 23.1. The molecule has 0 saturated carbocycles. The number of carbonyl (C=O) groups excluding carboxylic acids is 1. The van der Waals surface area contributed by atoms with E-state index >= 15 is 0 Å². The van der Waals surface area contributed by atoms with Gasteiger partial charge < -0.3 is 15.7 Å². The second kappa shape index (κ2) is 7.31. The van der Waals surface area contributed by atoms with Gasteiger partial charge in [0, 0.05) is 12.3 Å². The van der Waals surface area contributed by atoms with Crippen molar-refractivity contribution in [2.75, 3.05) is 12.3 Å². The molecular weight excluding hydrogens is 276 g/mol. The molecule has 2 unspecified atom stereocenters. The summed E-state index contributed by atoms with van der Waals surface area (Å²) in [5.74, 6) is -0.525. The van der Waals surface area contributed by atoms with Crippen molar-refractivity contribution in [2.45, 2.75) is 57.9 Å². The molecule has 1 amide bonds. The molecule has 1 heterocycles. The van der Waals surface area contributed by atoms with Crippen LogP contribution in [0.25, 0.3) is 0 Å². The fourth-order valence-electron chi connectivity index (χ4n) is 2.70. The smallest absolute Gasteiger partial charge is 0.327 e. The van der Waals surface area contributed by atoms with E-state index in [4.69, 9.17) is 5.73 Å². The maximum atomic E-state index is 12.9. The molecule has 0 aliphatic carbocycles. The number of carbonyl (C=O) groups is 2. The van der Waals surface area contributed by atoms with Gasteiger partial charge in [-0.25, -0.2) is 4.79 Å². The van der Waals surface area contributed by atoms with E-state index in [0.717, 1.165) is 12.8 Å². The molecule has 20 heavy (non-hydrogen) atoms. The number of nitrogens with two attached hydrogens (primary N) is 1. The minimum atomic E-state index is -0.914. The van der Waals surface area contributed by atoms with Crippen LogP contribution in [-0.2, 0) is 9.59 Å². The van der Waals surface area contributed by atoms with E-state index in [1.54, 1.807) is 16.7 Å². The maximum absolute atomic E-state index is 12.9. The van der Waals surface area contributed by atoms with Gasteiger partial charge in [0.2, 0.25) is 5.91 Å².